The summed E-state index contributed by atoms with van der Waals surface area (Å²) >= 11 is 0. The van der Waals surface area contributed by atoms with E-state index in [2.05, 4.69) is 18.7 Å². The second-order valence-electron chi connectivity index (χ2n) is 9.71. The Morgan fingerprint density at radius 3 is 2.23 bits per heavy atom. The van der Waals surface area contributed by atoms with E-state index in [0.717, 1.165) is 28.9 Å². The zero-order valence-electron chi connectivity index (χ0n) is 23.3. The summed E-state index contributed by atoms with van der Waals surface area (Å²) < 4.78 is 19.8. The molecule has 0 radical (unpaired) electrons. The van der Waals surface area contributed by atoms with Crippen LogP contribution in [0.3, 0.4) is 0 Å². The molecule has 1 N–H and O–H groups in total. The van der Waals surface area contributed by atoms with Gasteiger partial charge in [-0.3, -0.25) is 4.90 Å². The van der Waals surface area contributed by atoms with Crippen molar-refractivity contribution in [3.8, 4) is 23.1 Å². The molecule has 0 bridgehead atoms. The van der Waals surface area contributed by atoms with E-state index in [1.807, 2.05) is 96.5 Å². The molecule has 0 fully saturated rings. The molecule has 4 rings (SSSR count). The lowest BCUT2D eigenvalue weighted by atomic mass is 10.1. The molecule has 4 aromatic rings. The van der Waals surface area contributed by atoms with Gasteiger partial charge in [0.2, 0.25) is 5.88 Å². The van der Waals surface area contributed by atoms with Crippen molar-refractivity contribution in [2.45, 2.75) is 52.5 Å². The van der Waals surface area contributed by atoms with Crippen LogP contribution in [0, 0.1) is 6.92 Å². The number of ether oxygens (including phenoxy) is 3. The number of para-hydroxylation sites is 3. The van der Waals surface area contributed by atoms with Gasteiger partial charge in [-0.15, -0.1) is 0 Å². The Hall–Kier alpha value is -3.65. The summed E-state index contributed by atoms with van der Waals surface area (Å²) in [7, 11) is 1.63. The maximum atomic E-state index is 10.9. The van der Waals surface area contributed by atoms with E-state index < -0.39 is 6.10 Å². The van der Waals surface area contributed by atoms with Gasteiger partial charge in [0.05, 0.1) is 43.4 Å². The van der Waals surface area contributed by atoms with Crippen molar-refractivity contribution in [3.63, 3.8) is 0 Å². The van der Waals surface area contributed by atoms with Crippen LogP contribution >= 0.6 is 0 Å². The van der Waals surface area contributed by atoms with Gasteiger partial charge in [0.25, 0.3) is 0 Å². The Morgan fingerprint density at radius 1 is 0.923 bits per heavy atom. The van der Waals surface area contributed by atoms with E-state index >= 15 is 0 Å². The van der Waals surface area contributed by atoms with Crippen LogP contribution < -0.4 is 9.47 Å². The standard InChI is InChI=1S/C32H39N3O4/c1-5-24(2)34(20-28(36)23-38-22-26-14-8-6-9-15-26)21-29-25(3)33-35(27-16-10-7-11-17-27)32(29)39-31-19-13-12-18-30(31)37-4/h6-19,24,28,36H,5,20-23H2,1-4H3/t24-,28+/m1/s1. The minimum Gasteiger partial charge on any atom is -0.493 e. The van der Waals surface area contributed by atoms with Gasteiger partial charge < -0.3 is 19.3 Å². The lowest BCUT2D eigenvalue weighted by Gasteiger charge is -2.30. The Kier molecular flexibility index (Phi) is 10.1. The summed E-state index contributed by atoms with van der Waals surface area (Å²) in [5.41, 5.74) is 3.82. The van der Waals surface area contributed by atoms with E-state index in [4.69, 9.17) is 19.3 Å². The quantitative estimate of drug-likeness (QED) is 0.211. The summed E-state index contributed by atoms with van der Waals surface area (Å²) in [5.74, 6) is 1.89. The minimum absolute atomic E-state index is 0.229. The molecule has 0 unspecified atom stereocenters. The number of aliphatic hydroxyl groups is 1. The van der Waals surface area contributed by atoms with E-state index in [9.17, 15) is 5.11 Å². The highest BCUT2D eigenvalue weighted by molar-refractivity contribution is 5.47. The molecule has 0 saturated heterocycles. The van der Waals surface area contributed by atoms with Gasteiger partial charge in [-0.1, -0.05) is 67.6 Å². The highest BCUT2D eigenvalue weighted by atomic mass is 16.5. The fourth-order valence-corrected chi connectivity index (χ4v) is 4.45. The fraction of sp³-hybridized carbons (Fsp3) is 0.344. The third-order valence-electron chi connectivity index (χ3n) is 6.86. The van der Waals surface area contributed by atoms with Gasteiger partial charge in [-0.05, 0) is 50.1 Å². The van der Waals surface area contributed by atoms with Gasteiger partial charge in [0.15, 0.2) is 11.5 Å². The van der Waals surface area contributed by atoms with Crippen LogP contribution in [0.1, 0.15) is 37.1 Å². The normalized spacial score (nSPS) is 12.9. The van der Waals surface area contributed by atoms with Crippen LogP contribution in [-0.2, 0) is 17.9 Å². The van der Waals surface area contributed by atoms with Gasteiger partial charge in [-0.25, -0.2) is 4.68 Å². The van der Waals surface area contributed by atoms with Crippen molar-refractivity contribution in [1.29, 1.82) is 0 Å². The van der Waals surface area contributed by atoms with Crippen LogP contribution in [0.4, 0.5) is 0 Å². The largest absolute Gasteiger partial charge is 0.493 e. The molecule has 39 heavy (non-hydrogen) atoms. The zero-order valence-corrected chi connectivity index (χ0v) is 23.3. The average Bonchev–Trinajstić information content (AvgIpc) is 3.27. The molecule has 0 aliphatic carbocycles. The second kappa shape index (κ2) is 13.9. The van der Waals surface area contributed by atoms with Crippen LogP contribution in [0.2, 0.25) is 0 Å². The number of hydrogen-bond acceptors (Lipinski definition) is 6. The summed E-state index contributed by atoms with van der Waals surface area (Å²) in [6.07, 6.45) is 0.303. The molecule has 0 aliphatic heterocycles. The molecule has 3 aromatic carbocycles. The molecule has 7 heteroatoms. The van der Waals surface area contributed by atoms with E-state index in [-0.39, 0.29) is 12.6 Å². The van der Waals surface area contributed by atoms with Crippen LogP contribution in [0.15, 0.2) is 84.9 Å². The SMILES string of the molecule is CC[C@@H](C)N(Cc1c(C)nn(-c2ccccc2)c1Oc1ccccc1OC)C[C@H](O)COCc1ccccc1. The highest BCUT2D eigenvalue weighted by Gasteiger charge is 2.25. The summed E-state index contributed by atoms with van der Waals surface area (Å²) in [6, 6.07) is 27.8. The van der Waals surface area contributed by atoms with Gasteiger partial charge in [0, 0.05) is 19.1 Å². The molecule has 0 spiro atoms. The molecule has 7 nitrogen and oxygen atoms in total. The number of aromatic nitrogens is 2. The molecule has 206 valence electrons. The molecular weight excluding hydrogens is 490 g/mol. The third kappa shape index (κ3) is 7.47. The summed E-state index contributed by atoms with van der Waals surface area (Å²) in [6.45, 7) is 8.09. The van der Waals surface area contributed by atoms with E-state index in [0.29, 0.717) is 37.1 Å². The van der Waals surface area contributed by atoms with Crippen molar-refractivity contribution < 1.29 is 19.3 Å². The number of aliphatic hydroxyl groups excluding tert-OH is 1. The summed E-state index contributed by atoms with van der Waals surface area (Å²) in [4.78, 5) is 2.27. The lowest BCUT2D eigenvalue weighted by molar-refractivity contribution is 0.00130. The number of hydrogen-bond donors (Lipinski definition) is 1. The molecule has 1 heterocycles. The minimum atomic E-state index is -0.634. The van der Waals surface area contributed by atoms with Crippen molar-refractivity contribution in [2.75, 3.05) is 20.3 Å². The number of benzene rings is 3. The number of methoxy groups -OCH3 is 1. The van der Waals surface area contributed by atoms with Crippen molar-refractivity contribution in [1.82, 2.24) is 14.7 Å². The lowest BCUT2D eigenvalue weighted by Crippen LogP contribution is -2.40. The maximum Gasteiger partial charge on any atom is 0.227 e. The third-order valence-corrected chi connectivity index (χ3v) is 6.86. The van der Waals surface area contributed by atoms with E-state index in [1.165, 1.54) is 0 Å². The maximum absolute atomic E-state index is 10.9. The Balaban J connectivity index is 1.58. The predicted molar refractivity (Wildman–Crippen MR) is 154 cm³/mol. The Bertz CT molecular complexity index is 1290. The van der Waals surface area contributed by atoms with Crippen molar-refractivity contribution >= 4 is 0 Å². The zero-order chi connectivity index (χ0) is 27.6. The first-order valence-corrected chi connectivity index (χ1v) is 13.5. The van der Waals surface area contributed by atoms with Gasteiger partial charge >= 0.3 is 0 Å². The number of aryl methyl sites for hydroxylation is 1. The Morgan fingerprint density at radius 2 is 1.56 bits per heavy atom. The number of rotatable bonds is 14. The van der Waals surface area contributed by atoms with Crippen LogP contribution in [-0.4, -0.2) is 52.2 Å². The average molecular weight is 530 g/mol. The molecular formula is C32H39N3O4. The van der Waals surface area contributed by atoms with Crippen LogP contribution in [0.5, 0.6) is 17.4 Å². The number of nitrogens with zero attached hydrogens (tertiary/aromatic N) is 3. The Labute approximate surface area is 231 Å². The molecule has 1 aromatic heterocycles. The second-order valence-corrected chi connectivity index (χ2v) is 9.71. The molecule has 0 saturated carbocycles. The first kappa shape index (κ1) is 28.4. The van der Waals surface area contributed by atoms with Crippen molar-refractivity contribution in [3.05, 3.63) is 102 Å². The molecule has 0 aliphatic rings. The first-order chi connectivity index (χ1) is 19.0. The highest BCUT2D eigenvalue weighted by Crippen LogP contribution is 2.36. The van der Waals surface area contributed by atoms with E-state index in [1.54, 1.807) is 7.11 Å². The predicted octanol–water partition coefficient (Wildman–Crippen LogP) is 6.16. The van der Waals surface area contributed by atoms with Crippen molar-refractivity contribution in [2.24, 2.45) is 0 Å². The van der Waals surface area contributed by atoms with Gasteiger partial charge in [0.1, 0.15) is 0 Å². The topological polar surface area (TPSA) is 69.0 Å². The molecule has 0 amide bonds. The smallest absolute Gasteiger partial charge is 0.227 e. The van der Waals surface area contributed by atoms with Gasteiger partial charge in [-0.2, -0.15) is 5.10 Å². The monoisotopic (exact) mass is 529 g/mol. The first-order valence-electron chi connectivity index (χ1n) is 13.5. The molecule has 2 atom stereocenters. The fourth-order valence-electron chi connectivity index (χ4n) is 4.45. The summed E-state index contributed by atoms with van der Waals surface area (Å²) in [5, 5.41) is 15.8. The van der Waals surface area contributed by atoms with Crippen LogP contribution in [0.25, 0.3) is 5.69 Å².